The second-order valence-corrected chi connectivity index (χ2v) is 7.13. The SMILES string of the molecule is CCOCCOCc1cccc(NC(=O)N2CCN(c3ccc([N+](=O)[O-])cc3)CC2)c1. The fourth-order valence-corrected chi connectivity index (χ4v) is 3.35. The van der Waals surface area contributed by atoms with Gasteiger partial charge in [-0.15, -0.1) is 0 Å². The summed E-state index contributed by atoms with van der Waals surface area (Å²) in [6, 6.07) is 14.0. The Morgan fingerprint density at radius 1 is 1.06 bits per heavy atom. The number of urea groups is 1. The van der Waals surface area contributed by atoms with Gasteiger partial charge in [-0.05, 0) is 36.8 Å². The Labute approximate surface area is 181 Å². The first-order valence-corrected chi connectivity index (χ1v) is 10.4. The lowest BCUT2D eigenvalue weighted by Crippen LogP contribution is -2.50. The molecule has 0 aromatic heterocycles. The average molecular weight is 428 g/mol. The van der Waals surface area contributed by atoms with Crippen LogP contribution >= 0.6 is 0 Å². The van der Waals surface area contributed by atoms with Crippen molar-refractivity contribution in [2.24, 2.45) is 0 Å². The highest BCUT2D eigenvalue weighted by molar-refractivity contribution is 5.89. The van der Waals surface area contributed by atoms with Crippen LogP contribution in [0, 0.1) is 10.1 Å². The van der Waals surface area contributed by atoms with E-state index in [4.69, 9.17) is 9.47 Å². The molecular weight excluding hydrogens is 400 g/mol. The predicted molar refractivity (Wildman–Crippen MR) is 118 cm³/mol. The molecule has 0 atom stereocenters. The van der Waals surface area contributed by atoms with Crippen molar-refractivity contribution in [3.63, 3.8) is 0 Å². The summed E-state index contributed by atoms with van der Waals surface area (Å²) in [4.78, 5) is 26.9. The molecular formula is C22H28N4O5. The lowest BCUT2D eigenvalue weighted by Gasteiger charge is -2.36. The summed E-state index contributed by atoms with van der Waals surface area (Å²) in [6.45, 7) is 6.66. The fraction of sp³-hybridized carbons (Fsp3) is 0.409. The maximum Gasteiger partial charge on any atom is 0.321 e. The van der Waals surface area contributed by atoms with Crippen LogP contribution in [0.3, 0.4) is 0 Å². The average Bonchev–Trinajstić information content (AvgIpc) is 2.79. The molecule has 31 heavy (non-hydrogen) atoms. The van der Waals surface area contributed by atoms with Gasteiger partial charge in [-0.3, -0.25) is 10.1 Å². The molecule has 0 spiro atoms. The van der Waals surface area contributed by atoms with Gasteiger partial charge in [0.1, 0.15) is 0 Å². The van der Waals surface area contributed by atoms with E-state index in [0.29, 0.717) is 52.6 Å². The molecule has 1 saturated heterocycles. The maximum atomic E-state index is 12.6. The minimum Gasteiger partial charge on any atom is -0.379 e. The first-order valence-electron chi connectivity index (χ1n) is 10.4. The highest BCUT2D eigenvalue weighted by atomic mass is 16.6. The molecule has 3 rings (SSSR count). The van der Waals surface area contributed by atoms with Crippen molar-refractivity contribution in [3.05, 3.63) is 64.2 Å². The van der Waals surface area contributed by atoms with Crippen LogP contribution in [0.2, 0.25) is 0 Å². The zero-order valence-corrected chi connectivity index (χ0v) is 17.7. The molecule has 1 heterocycles. The number of benzene rings is 2. The van der Waals surface area contributed by atoms with Crippen molar-refractivity contribution in [2.75, 3.05) is 56.2 Å². The number of carbonyl (C=O) groups is 1. The van der Waals surface area contributed by atoms with Crippen molar-refractivity contribution in [2.45, 2.75) is 13.5 Å². The van der Waals surface area contributed by atoms with Gasteiger partial charge in [0.2, 0.25) is 0 Å². The van der Waals surface area contributed by atoms with E-state index in [2.05, 4.69) is 10.2 Å². The van der Waals surface area contributed by atoms with Gasteiger partial charge in [0.05, 0.1) is 24.7 Å². The van der Waals surface area contributed by atoms with Gasteiger partial charge < -0.3 is 24.6 Å². The van der Waals surface area contributed by atoms with Crippen molar-refractivity contribution >= 4 is 23.1 Å². The summed E-state index contributed by atoms with van der Waals surface area (Å²) in [5, 5.41) is 13.7. The van der Waals surface area contributed by atoms with Gasteiger partial charge in [0.15, 0.2) is 0 Å². The first kappa shape index (κ1) is 22.5. The summed E-state index contributed by atoms with van der Waals surface area (Å²) in [5.74, 6) is 0. The topological polar surface area (TPSA) is 97.2 Å². The number of anilines is 2. The molecule has 2 amide bonds. The van der Waals surface area contributed by atoms with Crippen molar-refractivity contribution in [3.8, 4) is 0 Å². The fourth-order valence-electron chi connectivity index (χ4n) is 3.35. The number of nitrogens with one attached hydrogen (secondary N) is 1. The lowest BCUT2D eigenvalue weighted by molar-refractivity contribution is -0.384. The van der Waals surface area contributed by atoms with E-state index in [0.717, 1.165) is 16.9 Å². The smallest absolute Gasteiger partial charge is 0.321 e. The molecule has 166 valence electrons. The third-order valence-corrected chi connectivity index (χ3v) is 5.02. The first-order chi connectivity index (χ1) is 15.1. The van der Waals surface area contributed by atoms with E-state index >= 15 is 0 Å². The van der Waals surface area contributed by atoms with E-state index in [-0.39, 0.29) is 11.7 Å². The van der Waals surface area contributed by atoms with E-state index in [1.807, 2.05) is 31.2 Å². The van der Waals surface area contributed by atoms with Crippen LogP contribution < -0.4 is 10.2 Å². The standard InChI is InChI=1S/C22H28N4O5/c1-2-30-14-15-31-17-18-4-3-5-19(16-18)23-22(27)25-12-10-24(11-13-25)20-6-8-21(9-7-20)26(28)29/h3-9,16H,2,10-15,17H2,1H3,(H,23,27). The Kier molecular flexibility index (Phi) is 8.19. The zero-order chi connectivity index (χ0) is 22.1. The van der Waals surface area contributed by atoms with Crippen LogP contribution in [-0.2, 0) is 16.1 Å². The number of nitro groups is 1. The Morgan fingerprint density at radius 2 is 1.77 bits per heavy atom. The Balaban J connectivity index is 1.46. The molecule has 1 aliphatic heterocycles. The summed E-state index contributed by atoms with van der Waals surface area (Å²) >= 11 is 0. The molecule has 2 aromatic rings. The number of ether oxygens (including phenoxy) is 2. The molecule has 0 unspecified atom stereocenters. The summed E-state index contributed by atoms with van der Waals surface area (Å²) in [5.41, 5.74) is 2.71. The Morgan fingerprint density at radius 3 is 2.45 bits per heavy atom. The molecule has 1 N–H and O–H groups in total. The van der Waals surface area contributed by atoms with Crippen LogP contribution in [0.25, 0.3) is 0 Å². The number of rotatable bonds is 9. The van der Waals surface area contributed by atoms with E-state index in [1.165, 1.54) is 12.1 Å². The monoisotopic (exact) mass is 428 g/mol. The van der Waals surface area contributed by atoms with Crippen LogP contribution in [-0.4, -0.2) is 61.9 Å². The number of hydrogen-bond donors (Lipinski definition) is 1. The molecule has 0 aliphatic carbocycles. The molecule has 9 heteroatoms. The van der Waals surface area contributed by atoms with Gasteiger partial charge in [-0.2, -0.15) is 0 Å². The predicted octanol–water partition coefficient (Wildman–Crippen LogP) is 3.50. The number of nitrogens with zero attached hydrogens (tertiary/aromatic N) is 3. The summed E-state index contributed by atoms with van der Waals surface area (Å²) < 4.78 is 10.8. The van der Waals surface area contributed by atoms with Crippen molar-refractivity contribution in [1.29, 1.82) is 0 Å². The lowest BCUT2D eigenvalue weighted by atomic mass is 10.2. The molecule has 2 aromatic carbocycles. The molecule has 1 fully saturated rings. The normalized spacial score (nSPS) is 13.8. The number of carbonyl (C=O) groups excluding carboxylic acids is 1. The van der Waals surface area contributed by atoms with Gasteiger partial charge >= 0.3 is 6.03 Å². The minimum atomic E-state index is -0.409. The number of piperazine rings is 1. The van der Waals surface area contributed by atoms with Crippen LogP contribution in [0.15, 0.2) is 48.5 Å². The third kappa shape index (κ3) is 6.66. The van der Waals surface area contributed by atoms with Crippen molar-refractivity contribution < 1.29 is 19.2 Å². The van der Waals surface area contributed by atoms with E-state index in [1.54, 1.807) is 17.0 Å². The van der Waals surface area contributed by atoms with Crippen LogP contribution in [0.4, 0.5) is 21.9 Å². The Hall–Kier alpha value is -3.17. The van der Waals surface area contributed by atoms with Gasteiger partial charge in [0, 0.05) is 56.3 Å². The quantitative estimate of drug-likeness (QED) is 0.373. The van der Waals surface area contributed by atoms with E-state index in [9.17, 15) is 14.9 Å². The zero-order valence-electron chi connectivity index (χ0n) is 17.7. The van der Waals surface area contributed by atoms with Gasteiger partial charge in [-0.25, -0.2) is 4.79 Å². The Bertz CT molecular complexity index is 866. The molecule has 9 nitrogen and oxygen atoms in total. The van der Waals surface area contributed by atoms with Gasteiger partial charge in [0.25, 0.3) is 5.69 Å². The molecule has 0 bridgehead atoms. The second-order valence-electron chi connectivity index (χ2n) is 7.13. The largest absolute Gasteiger partial charge is 0.379 e. The third-order valence-electron chi connectivity index (χ3n) is 5.02. The van der Waals surface area contributed by atoms with Crippen molar-refractivity contribution in [1.82, 2.24) is 4.90 Å². The van der Waals surface area contributed by atoms with Crippen LogP contribution in [0.1, 0.15) is 12.5 Å². The molecule has 0 radical (unpaired) electrons. The number of amides is 2. The number of non-ortho nitro benzene ring substituents is 1. The summed E-state index contributed by atoms with van der Waals surface area (Å²) in [7, 11) is 0. The molecule has 1 aliphatic rings. The van der Waals surface area contributed by atoms with Gasteiger partial charge in [-0.1, -0.05) is 12.1 Å². The maximum absolute atomic E-state index is 12.6. The highest BCUT2D eigenvalue weighted by Gasteiger charge is 2.21. The second kappa shape index (κ2) is 11.3. The van der Waals surface area contributed by atoms with E-state index < -0.39 is 4.92 Å². The summed E-state index contributed by atoms with van der Waals surface area (Å²) in [6.07, 6.45) is 0. The minimum absolute atomic E-state index is 0.0729. The number of nitro benzene ring substituents is 1. The van der Waals surface area contributed by atoms with Crippen LogP contribution in [0.5, 0.6) is 0 Å². The molecule has 0 saturated carbocycles. The number of hydrogen-bond acceptors (Lipinski definition) is 6. The highest BCUT2D eigenvalue weighted by Crippen LogP contribution is 2.21.